The van der Waals surface area contributed by atoms with E-state index in [0.29, 0.717) is 17.3 Å². The van der Waals surface area contributed by atoms with E-state index >= 15 is 0 Å². The maximum atomic E-state index is 12.1. The second-order valence-corrected chi connectivity index (χ2v) is 7.33. The van der Waals surface area contributed by atoms with Crippen molar-refractivity contribution in [2.45, 2.75) is 6.61 Å². The first kappa shape index (κ1) is 15.3. The van der Waals surface area contributed by atoms with E-state index in [1.54, 1.807) is 28.1 Å². The topological polar surface area (TPSA) is 65.2 Å². The number of ether oxygens (including phenoxy) is 1. The summed E-state index contributed by atoms with van der Waals surface area (Å²) in [6.45, 7) is 0.0546. The summed E-state index contributed by atoms with van der Waals surface area (Å²) in [5.74, 6) is 0.0675. The molecule has 0 N–H and O–H groups in total. The van der Waals surface area contributed by atoms with Crippen molar-refractivity contribution in [1.82, 2.24) is 9.97 Å². The number of oxazole rings is 1. The number of thiophene rings is 2. The Morgan fingerprint density at radius 1 is 1.17 bits per heavy atom. The first-order valence-electron chi connectivity index (χ1n) is 6.93. The van der Waals surface area contributed by atoms with Crippen LogP contribution in [0.5, 0.6) is 0 Å². The molecule has 0 saturated carbocycles. The number of carbonyl (C=O) groups is 1. The minimum absolute atomic E-state index is 0.0546. The number of nitrogens with zero attached hydrogens (tertiary/aromatic N) is 2. The zero-order chi connectivity index (χ0) is 16.4. The van der Waals surface area contributed by atoms with Gasteiger partial charge < -0.3 is 9.15 Å². The summed E-state index contributed by atoms with van der Waals surface area (Å²) in [6.07, 6.45) is 1.50. The monoisotopic (exact) mass is 374 g/mol. The smallest absolute Gasteiger partial charge is 0.358 e. The Bertz CT molecular complexity index is 939. The molecule has 0 saturated heterocycles. The fourth-order valence-corrected chi connectivity index (χ4v) is 4.14. The van der Waals surface area contributed by atoms with Crippen LogP contribution in [0.3, 0.4) is 0 Å². The van der Waals surface area contributed by atoms with Crippen molar-refractivity contribution in [3.63, 3.8) is 0 Å². The van der Waals surface area contributed by atoms with Gasteiger partial charge in [0, 0.05) is 16.3 Å². The Labute approximate surface area is 149 Å². The normalized spacial score (nSPS) is 10.8. The van der Waals surface area contributed by atoms with E-state index in [1.165, 1.54) is 17.6 Å². The highest BCUT2D eigenvalue weighted by atomic mass is 32.1. The lowest BCUT2D eigenvalue weighted by Crippen LogP contribution is -2.05. The molecule has 0 radical (unpaired) electrons. The van der Waals surface area contributed by atoms with Gasteiger partial charge in [-0.15, -0.1) is 22.7 Å². The SMILES string of the molecule is O=C(OCc1coc(-c2cccs2)n1)c1csc(-c2ccsc2)n1. The van der Waals surface area contributed by atoms with E-state index < -0.39 is 5.97 Å². The summed E-state index contributed by atoms with van der Waals surface area (Å²) >= 11 is 4.56. The average Bonchev–Trinajstić information content (AvgIpc) is 3.40. The zero-order valence-electron chi connectivity index (χ0n) is 12.2. The van der Waals surface area contributed by atoms with Gasteiger partial charge in [-0.2, -0.15) is 11.3 Å². The molecule has 5 nitrogen and oxygen atoms in total. The first-order chi connectivity index (χ1) is 11.8. The van der Waals surface area contributed by atoms with Crippen LogP contribution in [0.1, 0.15) is 16.2 Å². The average molecular weight is 374 g/mol. The van der Waals surface area contributed by atoms with Crippen molar-refractivity contribution in [2.75, 3.05) is 0 Å². The molecule has 0 atom stereocenters. The van der Waals surface area contributed by atoms with E-state index in [2.05, 4.69) is 9.97 Å². The van der Waals surface area contributed by atoms with E-state index in [-0.39, 0.29) is 6.61 Å². The van der Waals surface area contributed by atoms with Gasteiger partial charge >= 0.3 is 5.97 Å². The molecule has 8 heteroatoms. The van der Waals surface area contributed by atoms with Crippen molar-refractivity contribution >= 4 is 40.0 Å². The number of carbonyl (C=O) groups excluding carboxylic acids is 1. The maximum absolute atomic E-state index is 12.1. The van der Waals surface area contributed by atoms with Crippen LogP contribution in [0, 0.1) is 0 Å². The molecule has 0 unspecified atom stereocenters. The lowest BCUT2D eigenvalue weighted by Gasteiger charge is -1.98. The van der Waals surface area contributed by atoms with Crippen LogP contribution in [0.4, 0.5) is 0 Å². The Kier molecular flexibility index (Phi) is 4.24. The van der Waals surface area contributed by atoms with Crippen molar-refractivity contribution in [3.8, 4) is 21.3 Å². The third-order valence-electron chi connectivity index (χ3n) is 3.12. The molecule has 0 fully saturated rings. The van der Waals surface area contributed by atoms with Crippen LogP contribution < -0.4 is 0 Å². The number of esters is 1. The minimum Gasteiger partial charge on any atom is -0.454 e. The van der Waals surface area contributed by atoms with E-state index in [4.69, 9.17) is 9.15 Å². The van der Waals surface area contributed by atoms with Gasteiger partial charge in [0.25, 0.3) is 0 Å². The number of hydrogen-bond acceptors (Lipinski definition) is 8. The molecule has 0 aromatic carbocycles. The Balaban J connectivity index is 1.40. The van der Waals surface area contributed by atoms with Crippen molar-refractivity contribution in [1.29, 1.82) is 0 Å². The van der Waals surface area contributed by atoms with Crippen LogP contribution in [0.15, 0.2) is 50.4 Å². The third kappa shape index (κ3) is 3.16. The van der Waals surface area contributed by atoms with Gasteiger partial charge in [-0.1, -0.05) is 6.07 Å². The lowest BCUT2D eigenvalue weighted by atomic mass is 10.3. The third-order valence-corrected chi connectivity index (χ3v) is 5.55. The van der Waals surface area contributed by atoms with Gasteiger partial charge in [-0.25, -0.2) is 14.8 Å². The molecule has 24 heavy (non-hydrogen) atoms. The minimum atomic E-state index is -0.464. The summed E-state index contributed by atoms with van der Waals surface area (Å²) in [4.78, 5) is 21.7. The van der Waals surface area contributed by atoms with Gasteiger partial charge in [0.1, 0.15) is 23.6 Å². The standard InChI is InChI=1S/C16H10N2O3S3/c19-16(12-9-24-15(18-12)10-3-5-22-8-10)21-7-11-6-20-14(17-11)13-2-1-4-23-13/h1-6,8-9H,7H2. The number of rotatable bonds is 5. The molecule has 0 amide bonds. The highest BCUT2D eigenvalue weighted by Gasteiger charge is 2.15. The number of aromatic nitrogens is 2. The molecule has 4 heterocycles. The van der Waals surface area contributed by atoms with Crippen molar-refractivity contribution in [2.24, 2.45) is 0 Å². The predicted octanol–water partition coefficient (Wildman–Crippen LogP) is 4.95. The van der Waals surface area contributed by atoms with Crippen LogP contribution in [-0.4, -0.2) is 15.9 Å². The number of thiazole rings is 1. The summed E-state index contributed by atoms with van der Waals surface area (Å²) < 4.78 is 10.7. The van der Waals surface area contributed by atoms with Gasteiger partial charge in [-0.05, 0) is 22.9 Å². The van der Waals surface area contributed by atoms with Crippen LogP contribution in [0.25, 0.3) is 21.3 Å². The van der Waals surface area contributed by atoms with Gasteiger partial charge in [-0.3, -0.25) is 0 Å². The molecule has 0 bridgehead atoms. The van der Waals surface area contributed by atoms with Crippen LogP contribution >= 0.6 is 34.0 Å². The quantitative estimate of drug-likeness (QED) is 0.463. The second kappa shape index (κ2) is 6.68. The first-order valence-corrected chi connectivity index (χ1v) is 9.63. The highest BCUT2D eigenvalue weighted by Crippen LogP contribution is 2.26. The van der Waals surface area contributed by atoms with Crippen molar-refractivity contribution < 1.29 is 13.9 Å². The zero-order valence-corrected chi connectivity index (χ0v) is 14.6. The van der Waals surface area contributed by atoms with E-state index in [9.17, 15) is 4.79 Å². The summed E-state index contributed by atoms with van der Waals surface area (Å²) in [5, 5.41) is 8.44. The number of hydrogen-bond donors (Lipinski definition) is 0. The predicted molar refractivity (Wildman–Crippen MR) is 94.4 cm³/mol. The molecule has 120 valence electrons. The highest BCUT2D eigenvalue weighted by molar-refractivity contribution is 7.14. The molecule has 4 rings (SSSR count). The fourth-order valence-electron chi connectivity index (χ4n) is 1.99. The Morgan fingerprint density at radius 3 is 2.92 bits per heavy atom. The van der Waals surface area contributed by atoms with E-state index in [0.717, 1.165) is 15.4 Å². The van der Waals surface area contributed by atoms with Gasteiger partial charge in [0.15, 0.2) is 5.69 Å². The van der Waals surface area contributed by atoms with Crippen molar-refractivity contribution in [3.05, 3.63) is 57.4 Å². The van der Waals surface area contributed by atoms with Gasteiger partial charge in [0.05, 0.1) is 4.88 Å². The lowest BCUT2D eigenvalue weighted by molar-refractivity contribution is 0.0462. The molecule has 0 aliphatic heterocycles. The second-order valence-electron chi connectivity index (χ2n) is 4.75. The summed E-state index contributed by atoms with van der Waals surface area (Å²) in [7, 11) is 0. The molecule has 4 aromatic rings. The largest absolute Gasteiger partial charge is 0.454 e. The molecule has 4 aromatic heterocycles. The fraction of sp³-hybridized carbons (Fsp3) is 0.0625. The summed E-state index contributed by atoms with van der Waals surface area (Å²) in [6, 6.07) is 5.82. The Hall–Kier alpha value is -2.29. The molecule has 0 aliphatic rings. The van der Waals surface area contributed by atoms with Crippen LogP contribution in [-0.2, 0) is 11.3 Å². The molecule has 0 aliphatic carbocycles. The molecule has 0 spiro atoms. The molecular formula is C16H10N2O3S3. The Morgan fingerprint density at radius 2 is 2.12 bits per heavy atom. The van der Waals surface area contributed by atoms with E-state index in [1.807, 2.05) is 34.3 Å². The maximum Gasteiger partial charge on any atom is 0.358 e. The molecular weight excluding hydrogens is 364 g/mol. The van der Waals surface area contributed by atoms with Crippen LogP contribution in [0.2, 0.25) is 0 Å². The summed E-state index contributed by atoms with van der Waals surface area (Å²) in [5.41, 5.74) is 1.89. The van der Waals surface area contributed by atoms with Gasteiger partial charge in [0.2, 0.25) is 5.89 Å².